The Hall–Kier alpha value is -2.56. The molecule has 1 aromatic carbocycles. The van der Waals surface area contributed by atoms with E-state index in [9.17, 15) is 14.7 Å². The first kappa shape index (κ1) is 11.9. The Bertz CT molecular complexity index is 673. The molecule has 0 amide bonds. The number of aromatic carboxylic acids is 1. The molecule has 0 radical (unpaired) electrons. The summed E-state index contributed by atoms with van der Waals surface area (Å²) in [6.45, 7) is 0. The molecule has 0 aliphatic carbocycles. The second-order valence-electron chi connectivity index (χ2n) is 3.91. The number of nitrogens with zero attached hydrogens (tertiary/aromatic N) is 1. The fourth-order valence-corrected chi connectivity index (χ4v) is 1.71. The van der Waals surface area contributed by atoms with E-state index in [0.717, 1.165) is 0 Å². The van der Waals surface area contributed by atoms with Crippen LogP contribution in [0.15, 0.2) is 41.3 Å². The SMILES string of the molecule is Cn1cc(-c2cccc(O)c2)cc(C(=O)O)c1=O. The number of carbonyl (C=O) groups is 1. The molecule has 2 N–H and O–H groups in total. The number of carboxylic acid groups (broad SMARTS) is 1. The van der Waals surface area contributed by atoms with Gasteiger partial charge < -0.3 is 14.8 Å². The van der Waals surface area contributed by atoms with Crippen LogP contribution >= 0.6 is 0 Å². The van der Waals surface area contributed by atoms with Crippen LogP contribution in [0.4, 0.5) is 0 Å². The second kappa shape index (κ2) is 4.37. The lowest BCUT2D eigenvalue weighted by molar-refractivity contribution is 0.0694. The van der Waals surface area contributed by atoms with E-state index in [0.29, 0.717) is 11.1 Å². The molecule has 0 spiro atoms. The van der Waals surface area contributed by atoms with Crippen LogP contribution in [0.2, 0.25) is 0 Å². The standard InChI is InChI=1S/C13H11NO4/c1-14-7-9(6-11(12(14)16)13(17)18)8-3-2-4-10(15)5-8/h2-7,15H,1H3,(H,17,18). The van der Waals surface area contributed by atoms with Crippen LogP contribution in [0.5, 0.6) is 5.75 Å². The van der Waals surface area contributed by atoms with Gasteiger partial charge in [0.25, 0.3) is 5.56 Å². The van der Waals surface area contributed by atoms with Gasteiger partial charge in [-0.3, -0.25) is 4.79 Å². The highest BCUT2D eigenvalue weighted by Crippen LogP contribution is 2.22. The van der Waals surface area contributed by atoms with Crippen LogP contribution < -0.4 is 5.56 Å². The first-order valence-corrected chi connectivity index (χ1v) is 5.22. The first-order chi connectivity index (χ1) is 8.49. The fourth-order valence-electron chi connectivity index (χ4n) is 1.71. The number of pyridine rings is 1. The average Bonchev–Trinajstić information content (AvgIpc) is 2.32. The van der Waals surface area contributed by atoms with Gasteiger partial charge in [-0.2, -0.15) is 0 Å². The maximum absolute atomic E-state index is 11.6. The summed E-state index contributed by atoms with van der Waals surface area (Å²) in [6.07, 6.45) is 1.53. The molecular weight excluding hydrogens is 234 g/mol. The quantitative estimate of drug-likeness (QED) is 0.839. The molecule has 2 aromatic rings. The molecule has 92 valence electrons. The van der Waals surface area contributed by atoms with E-state index in [1.165, 1.54) is 36.0 Å². The normalized spacial score (nSPS) is 10.3. The van der Waals surface area contributed by atoms with Gasteiger partial charge in [0.2, 0.25) is 0 Å². The van der Waals surface area contributed by atoms with E-state index in [-0.39, 0.29) is 11.3 Å². The third-order valence-corrected chi connectivity index (χ3v) is 2.59. The predicted octanol–water partition coefficient (Wildman–Crippen LogP) is 1.46. The third-order valence-electron chi connectivity index (χ3n) is 2.59. The molecular formula is C13H11NO4. The first-order valence-electron chi connectivity index (χ1n) is 5.22. The Balaban J connectivity index is 2.66. The number of benzene rings is 1. The molecule has 0 atom stereocenters. The van der Waals surface area contributed by atoms with Crippen LogP contribution in [0.25, 0.3) is 11.1 Å². The van der Waals surface area contributed by atoms with Crippen LogP contribution in [0.3, 0.4) is 0 Å². The number of aromatic hydroxyl groups is 1. The highest BCUT2D eigenvalue weighted by Gasteiger charge is 2.12. The van der Waals surface area contributed by atoms with Crippen molar-refractivity contribution < 1.29 is 15.0 Å². The summed E-state index contributed by atoms with van der Waals surface area (Å²) >= 11 is 0. The highest BCUT2D eigenvalue weighted by atomic mass is 16.4. The Morgan fingerprint density at radius 1 is 1.22 bits per heavy atom. The lowest BCUT2D eigenvalue weighted by Crippen LogP contribution is -2.23. The van der Waals surface area contributed by atoms with Crippen molar-refractivity contribution in [3.8, 4) is 16.9 Å². The molecule has 0 aliphatic rings. The molecule has 0 unspecified atom stereocenters. The van der Waals surface area contributed by atoms with E-state index < -0.39 is 11.5 Å². The molecule has 18 heavy (non-hydrogen) atoms. The lowest BCUT2D eigenvalue weighted by atomic mass is 10.1. The van der Waals surface area contributed by atoms with Crippen molar-refractivity contribution in [2.24, 2.45) is 7.05 Å². The largest absolute Gasteiger partial charge is 0.508 e. The van der Waals surface area contributed by atoms with Gasteiger partial charge in [-0.15, -0.1) is 0 Å². The summed E-state index contributed by atoms with van der Waals surface area (Å²) in [7, 11) is 1.49. The minimum Gasteiger partial charge on any atom is -0.508 e. The average molecular weight is 245 g/mol. The molecule has 0 aliphatic heterocycles. The lowest BCUT2D eigenvalue weighted by Gasteiger charge is -2.06. The van der Waals surface area contributed by atoms with Crippen molar-refractivity contribution in [3.63, 3.8) is 0 Å². The summed E-state index contributed by atoms with van der Waals surface area (Å²) in [4.78, 5) is 22.6. The van der Waals surface area contributed by atoms with Crippen molar-refractivity contribution in [1.29, 1.82) is 0 Å². The van der Waals surface area contributed by atoms with Crippen molar-refractivity contribution >= 4 is 5.97 Å². The zero-order valence-electron chi connectivity index (χ0n) is 9.62. The molecule has 0 bridgehead atoms. The van der Waals surface area contributed by atoms with Crippen molar-refractivity contribution in [1.82, 2.24) is 4.57 Å². The van der Waals surface area contributed by atoms with Gasteiger partial charge in [-0.05, 0) is 29.3 Å². The van der Waals surface area contributed by atoms with E-state index in [2.05, 4.69) is 0 Å². The highest BCUT2D eigenvalue weighted by molar-refractivity contribution is 5.88. The maximum atomic E-state index is 11.6. The van der Waals surface area contributed by atoms with Gasteiger partial charge in [-0.1, -0.05) is 12.1 Å². The van der Waals surface area contributed by atoms with Gasteiger partial charge in [0, 0.05) is 13.2 Å². The van der Waals surface area contributed by atoms with Gasteiger partial charge in [0.05, 0.1) is 0 Å². The fraction of sp³-hybridized carbons (Fsp3) is 0.0769. The monoisotopic (exact) mass is 245 g/mol. The zero-order valence-corrected chi connectivity index (χ0v) is 9.62. The molecule has 2 rings (SSSR count). The molecule has 1 aromatic heterocycles. The Kier molecular flexibility index (Phi) is 2.89. The molecule has 5 heteroatoms. The molecule has 0 fully saturated rings. The number of aryl methyl sites for hydroxylation is 1. The van der Waals surface area contributed by atoms with Crippen LogP contribution in [-0.4, -0.2) is 20.7 Å². The summed E-state index contributed by atoms with van der Waals surface area (Å²) in [6, 6.07) is 7.70. The number of phenols is 1. The van der Waals surface area contributed by atoms with Crippen LogP contribution in [-0.2, 0) is 7.05 Å². The summed E-state index contributed by atoms with van der Waals surface area (Å²) in [5.74, 6) is -1.18. The van der Waals surface area contributed by atoms with Gasteiger partial charge in [0.1, 0.15) is 11.3 Å². The smallest absolute Gasteiger partial charge is 0.341 e. The summed E-state index contributed by atoms with van der Waals surface area (Å²) < 4.78 is 1.21. The number of hydrogen-bond acceptors (Lipinski definition) is 3. The molecule has 1 heterocycles. The Morgan fingerprint density at radius 3 is 2.56 bits per heavy atom. The number of phenolic OH excluding ortho intramolecular Hbond substituents is 1. The van der Waals surface area contributed by atoms with Crippen LogP contribution in [0.1, 0.15) is 10.4 Å². The Labute approximate surface area is 103 Å². The molecule has 5 nitrogen and oxygen atoms in total. The third kappa shape index (κ3) is 2.10. The minimum absolute atomic E-state index is 0.0817. The number of rotatable bonds is 2. The number of carboxylic acids is 1. The number of aromatic nitrogens is 1. The summed E-state index contributed by atoms with van der Waals surface area (Å²) in [5.41, 5.74) is 0.350. The van der Waals surface area contributed by atoms with E-state index in [1.54, 1.807) is 12.1 Å². The van der Waals surface area contributed by atoms with Gasteiger partial charge >= 0.3 is 5.97 Å². The second-order valence-corrected chi connectivity index (χ2v) is 3.91. The van der Waals surface area contributed by atoms with E-state index >= 15 is 0 Å². The van der Waals surface area contributed by atoms with E-state index in [1.807, 2.05) is 0 Å². The molecule has 0 saturated heterocycles. The Morgan fingerprint density at radius 2 is 1.94 bits per heavy atom. The topological polar surface area (TPSA) is 79.5 Å². The van der Waals surface area contributed by atoms with E-state index in [4.69, 9.17) is 5.11 Å². The predicted molar refractivity (Wildman–Crippen MR) is 65.7 cm³/mol. The number of hydrogen-bond donors (Lipinski definition) is 2. The maximum Gasteiger partial charge on any atom is 0.341 e. The molecule has 0 saturated carbocycles. The zero-order chi connectivity index (χ0) is 13.3. The summed E-state index contributed by atoms with van der Waals surface area (Å²) in [5, 5.41) is 18.3. The van der Waals surface area contributed by atoms with Crippen LogP contribution in [0, 0.1) is 0 Å². The van der Waals surface area contributed by atoms with Crippen molar-refractivity contribution in [3.05, 3.63) is 52.4 Å². The van der Waals surface area contributed by atoms with Gasteiger partial charge in [-0.25, -0.2) is 4.79 Å². The van der Waals surface area contributed by atoms with Gasteiger partial charge in [0.15, 0.2) is 0 Å². The van der Waals surface area contributed by atoms with Crippen molar-refractivity contribution in [2.75, 3.05) is 0 Å². The minimum atomic E-state index is -1.27. The van der Waals surface area contributed by atoms with Crippen molar-refractivity contribution in [2.45, 2.75) is 0 Å².